The van der Waals surface area contributed by atoms with Crippen molar-refractivity contribution in [2.24, 2.45) is 0 Å². The number of nitriles is 1. The standard InChI is InChI=1S/C14H18N2O2/c15-7-10-18-14-5-1-3-13(11-14)16-12-4-2-8-17-9-6-12/h1,3,5,11-12,16H,2,4,6,8-10H2. The molecule has 0 radical (unpaired) electrons. The van der Waals surface area contributed by atoms with Gasteiger partial charge < -0.3 is 14.8 Å². The van der Waals surface area contributed by atoms with Gasteiger partial charge in [0.2, 0.25) is 0 Å². The largest absolute Gasteiger partial charge is 0.479 e. The monoisotopic (exact) mass is 246 g/mol. The van der Waals surface area contributed by atoms with Crippen LogP contribution in [0.1, 0.15) is 19.3 Å². The maximum absolute atomic E-state index is 8.48. The van der Waals surface area contributed by atoms with E-state index in [0.29, 0.717) is 6.04 Å². The molecule has 0 bridgehead atoms. The summed E-state index contributed by atoms with van der Waals surface area (Å²) in [5.74, 6) is 0.728. The van der Waals surface area contributed by atoms with E-state index in [-0.39, 0.29) is 6.61 Å². The molecule has 4 heteroatoms. The first-order valence-corrected chi connectivity index (χ1v) is 6.32. The van der Waals surface area contributed by atoms with Crippen LogP contribution in [0, 0.1) is 11.3 Å². The van der Waals surface area contributed by atoms with Crippen molar-refractivity contribution in [3.63, 3.8) is 0 Å². The summed E-state index contributed by atoms with van der Waals surface area (Å²) in [6.07, 6.45) is 3.26. The van der Waals surface area contributed by atoms with E-state index >= 15 is 0 Å². The first-order valence-electron chi connectivity index (χ1n) is 6.32. The highest BCUT2D eigenvalue weighted by Gasteiger charge is 2.12. The highest BCUT2D eigenvalue weighted by atomic mass is 16.5. The van der Waals surface area contributed by atoms with Gasteiger partial charge in [-0.2, -0.15) is 5.26 Å². The van der Waals surface area contributed by atoms with E-state index < -0.39 is 0 Å². The number of nitrogens with one attached hydrogen (secondary N) is 1. The van der Waals surface area contributed by atoms with E-state index in [0.717, 1.165) is 43.9 Å². The lowest BCUT2D eigenvalue weighted by molar-refractivity contribution is 0.144. The van der Waals surface area contributed by atoms with Gasteiger partial charge in [0.15, 0.2) is 6.61 Å². The van der Waals surface area contributed by atoms with E-state index in [1.807, 2.05) is 30.3 Å². The summed E-state index contributed by atoms with van der Waals surface area (Å²) in [5, 5.41) is 12.0. The van der Waals surface area contributed by atoms with Gasteiger partial charge >= 0.3 is 0 Å². The molecular weight excluding hydrogens is 228 g/mol. The molecule has 1 saturated heterocycles. The Hall–Kier alpha value is -1.73. The van der Waals surface area contributed by atoms with E-state index in [1.165, 1.54) is 0 Å². The Bertz CT molecular complexity index is 407. The Morgan fingerprint density at radius 3 is 3.22 bits per heavy atom. The second-order valence-corrected chi connectivity index (χ2v) is 4.36. The van der Waals surface area contributed by atoms with Gasteiger partial charge in [0.1, 0.15) is 11.8 Å². The number of ether oxygens (including phenoxy) is 2. The topological polar surface area (TPSA) is 54.3 Å². The zero-order chi connectivity index (χ0) is 12.6. The fraction of sp³-hybridized carbons (Fsp3) is 0.500. The van der Waals surface area contributed by atoms with Crippen LogP contribution in [0.25, 0.3) is 0 Å². The number of anilines is 1. The van der Waals surface area contributed by atoms with Gasteiger partial charge in [-0.1, -0.05) is 6.07 Å². The fourth-order valence-corrected chi connectivity index (χ4v) is 2.08. The number of nitrogens with zero attached hydrogens (tertiary/aromatic N) is 1. The van der Waals surface area contributed by atoms with Crippen LogP contribution in [-0.2, 0) is 4.74 Å². The van der Waals surface area contributed by atoms with Crippen molar-refractivity contribution in [1.82, 2.24) is 0 Å². The van der Waals surface area contributed by atoms with Gasteiger partial charge in [-0.25, -0.2) is 0 Å². The second kappa shape index (κ2) is 6.87. The molecule has 0 amide bonds. The van der Waals surface area contributed by atoms with Crippen molar-refractivity contribution in [3.8, 4) is 11.8 Å². The Morgan fingerprint density at radius 2 is 2.33 bits per heavy atom. The van der Waals surface area contributed by atoms with Gasteiger partial charge in [0, 0.05) is 31.0 Å². The Kier molecular flexibility index (Phi) is 4.86. The number of hydrogen-bond acceptors (Lipinski definition) is 4. The predicted octanol–water partition coefficient (Wildman–Crippen LogP) is 2.57. The van der Waals surface area contributed by atoms with Crippen LogP contribution in [0.4, 0.5) is 5.69 Å². The molecule has 1 aliphatic rings. The number of benzene rings is 1. The SMILES string of the molecule is N#CCOc1cccc(NC2CCCOCC2)c1. The summed E-state index contributed by atoms with van der Waals surface area (Å²) in [6.45, 7) is 1.77. The molecule has 1 aromatic rings. The van der Waals surface area contributed by atoms with Crippen LogP contribution in [0.15, 0.2) is 24.3 Å². The Labute approximate surface area is 108 Å². The van der Waals surface area contributed by atoms with Crippen LogP contribution >= 0.6 is 0 Å². The van der Waals surface area contributed by atoms with Gasteiger partial charge in [0.05, 0.1) is 0 Å². The molecule has 1 aliphatic heterocycles. The molecule has 1 heterocycles. The summed E-state index contributed by atoms with van der Waals surface area (Å²) in [4.78, 5) is 0. The molecule has 4 nitrogen and oxygen atoms in total. The molecule has 1 N–H and O–H groups in total. The third kappa shape index (κ3) is 3.94. The summed E-state index contributed by atoms with van der Waals surface area (Å²) in [6, 6.07) is 10.2. The first kappa shape index (κ1) is 12.7. The lowest BCUT2D eigenvalue weighted by Gasteiger charge is -2.17. The third-order valence-electron chi connectivity index (χ3n) is 2.96. The normalized spacial score (nSPS) is 19.6. The molecule has 0 saturated carbocycles. The maximum atomic E-state index is 8.48. The number of hydrogen-bond donors (Lipinski definition) is 1. The smallest absolute Gasteiger partial charge is 0.174 e. The predicted molar refractivity (Wildman–Crippen MR) is 69.6 cm³/mol. The fourth-order valence-electron chi connectivity index (χ4n) is 2.08. The molecule has 0 spiro atoms. The average Bonchev–Trinajstić information content (AvgIpc) is 2.65. The summed E-state index contributed by atoms with van der Waals surface area (Å²) >= 11 is 0. The van der Waals surface area contributed by atoms with Gasteiger partial charge in [-0.3, -0.25) is 0 Å². The lowest BCUT2D eigenvalue weighted by atomic mass is 10.1. The zero-order valence-corrected chi connectivity index (χ0v) is 10.4. The van der Waals surface area contributed by atoms with E-state index in [9.17, 15) is 0 Å². The quantitative estimate of drug-likeness (QED) is 0.887. The second-order valence-electron chi connectivity index (χ2n) is 4.36. The van der Waals surface area contributed by atoms with Gasteiger partial charge in [-0.15, -0.1) is 0 Å². The first-order chi connectivity index (χ1) is 8.88. The van der Waals surface area contributed by atoms with Crippen LogP contribution in [0.2, 0.25) is 0 Å². The van der Waals surface area contributed by atoms with Crippen molar-refractivity contribution in [2.45, 2.75) is 25.3 Å². The molecule has 1 fully saturated rings. The molecule has 1 unspecified atom stereocenters. The Morgan fingerprint density at radius 1 is 1.39 bits per heavy atom. The van der Waals surface area contributed by atoms with Crippen molar-refractivity contribution in [1.29, 1.82) is 5.26 Å². The van der Waals surface area contributed by atoms with Crippen LogP contribution in [0.5, 0.6) is 5.75 Å². The zero-order valence-electron chi connectivity index (χ0n) is 10.4. The molecule has 1 aromatic carbocycles. The van der Waals surface area contributed by atoms with Gasteiger partial charge in [0.25, 0.3) is 0 Å². The van der Waals surface area contributed by atoms with Crippen molar-refractivity contribution in [3.05, 3.63) is 24.3 Å². The molecule has 18 heavy (non-hydrogen) atoms. The van der Waals surface area contributed by atoms with E-state index in [2.05, 4.69) is 5.32 Å². The molecule has 0 aromatic heterocycles. The molecule has 0 aliphatic carbocycles. The summed E-state index contributed by atoms with van der Waals surface area (Å²) in [7, 11) is 0. The molecular formula is C14H18N2O2. The van der Waals surface area contributed by atoms with Crippen molar-refractivity contribution >= 4 is 5.69 Å². The highest BCUT2D eigenvalue weighted by Crippen LogP contribution is 2.20. The van der Waals surface area contributed by atoms with Crippen LogP contribution in [0.3, 0.4) is 0 Å². The Balaban J connectivity index is 1.93. The highest BCUT2D eigenvalue weighted by molar-refractivity contribution is 5.48. The molecule has 1 atom stereocenters. The van der Waals surface area contributed by atoms with Crippen LogP contribution < -0.4 is 10.1 Å². The molecule has 96 valence electrons. The average molecular weight is 246 g/mol. The summed E-state index contributed by atoms with van der Waals surface area (Å²) < 4.78 is 10.7. The minimum atomic E-state index is 0.0840. The van der Waals surface area contributed by atoms with Crippen LogP contribution in [-0.4, -0.2) is 25.9 Å². The van der Waals surface area contributed by atoms with Crippen molar-refractivity contribution < 1.29 is 9.47 Å². The van der Waals surface area contributed by atoms with E-state index in [4.69, 9.17) is 14.7 Å². The lowest BCUT2D eigenvalue weighted by Crippen LogP contribution is -2.19. The molecule has 2 rings (SSSR count). The third-order valence-corrected chi connectivity index (χ3v) is 2.96. The number of rotatable bonds is 4. The maximum Gasteiger partial charge on any atom is 0.174 e. The van der Waals surface area contributed by atoms with E-state index in [1.54, 1.807) is 0 Å². The van der Waals surface area contributed by atoms with Crippen molar-refractivity contribution in [2.75, 3.05) is 25.1 Å². The minimum Gasteiger partial charge on any atom is -0.479 e. The van der Waals surface area contributed by atoms with Gasteiger partial charge in [-0.05, 0) is 31.4 Å². The minimum absolute atomic E-state index is 0.0840. The summed E-state index contributed by atoms with van der Waals surface area (Å²) in [5.41, 5.74) is 1.04.